The fraction of sp³-hybridized carbons (Fsp3) is 0.235. The Morgan fingerprint density at radius 2 is 2.14 bits per heavy atom. The lowest BCUT2D eigenvalue weighted by molar-refractivity contribution is 0.0953. The normalized spacial score (nSPS) is 13.4. The fourth-order valence-corrected chi connectivity index (χ4v) is 2.59. The zero-order valence-electron chi connectivity index (χ0n) is 12.3. The van der Waals surface area contributed by atoms with Gasteiger partial charge in [-0.25, -0.2) is 9.97 Å². The average molecular weight is 294 g/mol. The first-order valence-electron chi connectivity index (χ1n) is 7.31. The summed E-state index contributed by atoms with van der Waals surface area (Å²) in [5.41, 5.74) is 3.08. The van der Waals surface area contributed by atoms with Gasteiger partial charge >= 0.3 is 0 Å². The lowest BCUT2D eigenvalue weighted by atomic mass is 10.00. The number of aromatic nitrogens is 2. The summed E-state index contributed by atoms with van der Waals surface area (Å²) in [4.78, 5) is 22.5. The molecule has 1 aliphatic heterocycles. The quantitative estimate of drug-likeness (QED) is 0.876. The molecular weight excluding hydrogens is 276 g/mol. The van der Waals surface area contributed by atoms with E-state index in [4.69, 9.17) is 0 Å². The third kappa shape index (κ3) is 2.98. The number of fused-ring (bicyclic) bond motifs is 1. The van der Waals surface area contributed by atoms with E-state index in [0.717, 1.165) is 25.3 Å². The minimum Gasteiger partial charge on any atom is -0.352 e. The Kier molecular flexibility index (Phi) is 4.14. The topological polar surface area (TPSA) is 58.1 Å². The van der Waals surface area contributed by atoms with E-state index in [1.807, 2.05) is 0 Å². The van der Waals surface area contributed by atoms with Crippen molar-refractivity contribution in [2.24, 2.45) is 0 Å². The summed E-state index contributed by atoms with van der Waals surface area (Å²) in [5, 5.41) is 2.73. The van der Waals surface area contributed by atoms with Crippen molar-refractivity contribution in [3.05, 3.63) is 66.1 Å². The first kappa shape index (κ1) is 14.3. The van der Waals surface area contributed by atoms with Gasteiger partial charge in [0.1, 0.15) is 17.8 Å². The Morgan fingerprint density at radius 1 is 1.32 bits per heavy atom. The van der Waals surface area contributed by atoms with Crippen molar-refractivity contribution < 1.29 is 4.79 Å². The van der Waals surface area contributed by atoms with Crippen molar-refractivity contribution in [2.75, 3.05) is 18.0 Å². The number of anilines is 1. The zero-order valence-corrected chi connectivity index (χ0v) is 12.3. The molecule has 0 radical (unpaired) electrons. The second-order valence-electron chi connectivity index (χ2n) is 5.20. The monoisotopic (exact) mass is 294 g/mol. The summed E-state index contributed by atoms with van der Waals surface area (Å²) in [6.07, 6.45) is 4.07. The van der Waals surface area contributed by atoms with E-state index in [0.29, 0.717) is 12.2 Å². The molecule has 0 aliphatic carbocycles. The number of rotatable bonds is 4. The highest BCUT2D eigenvalue weighted by Crippen LogP contribution is 2.22. The molecule has 1 aliphatic rings. The molecule has 1 amide bonds. The first-order chi connectivity index (χ1) is 10.8. The van der Waals surface area contributed by atoms with Crippen LogP contribution in [0, 0.1) is 0 Å². The maximum atomic E-state index is 12.0. The minimum absolute atomic E-state index is 0.207. The van der Waals surface area contributed by atoms with Gasteiger partial charge in [0.05, 0.1) is 0 Å². The van der Waals surface area contributed by atoms with E-state index in [2.05, 4.69) is 51.0 Å². The fourth-order valence-electron chi connectivity index (χ4n) is 2.59. The predicted octanol–water partition coefficient (Wildman–Crippen LogP) is 1.96. The molecule has 0 atom stereocenters. The van der Waals surface area contributed by atoms with Crippen LogP contribution in [0.15, 0.2) is 49.3 Å². The lowest BCUT2D eigenvalue weighted by Crippen LogP contribution is -2.31. The zero-order chi connectivity index (χ0) is 15.4. The van der Waals surface area contributed by atoms with E-state index in [-0.39, 0.29) is 5.91 Å². The molecule has 0 fully saturated rings. The maximum absolute atomic E-state index is 12.0. The average Bonchev–Trinajstić information content (AvgIpc) is 2.59. The lowest BCUT2D eigenvalue weighted by Gasteiger charge is -2.29. The highest BCUT2D eigenvalue weighted by molar-refractivity contribution is 5.92. The number of hydrogen-bond donors (Lipinski definition) is 1. The van der Waals surface area contributed by atoms with Crippen LogP contribution in [0.3, 0.4) is 0 Å². The molecule has 3 rings (SSSR count). The number of benzene rings is 1. The summed E-state index contributed by atoms with van der Waals surface area (Å²) in [7, 11) is 0. The number of carbonyl (C=O) groups is 1. The molecule has 22 heavy (non-hydrogen) atoms. The third-order valence-electron chi connectivity index (χ3n) is 3.75. The van der Waals surface area contributed by atoms with Gasteiger partial charge in [0.2, 0.25) is 0 Å². The highest BCUT2D eigenvalue weighted by atomic mass is 16.1. The van der Waals surface area contributed by atoms with Crippen LogP contribution in [0.5, 0.6) is 0 Å². The van der Waals surface area contributed by atoms with Crippen LogP contribution in [-0.4, -0.2) is 29.0 Å². The van der Waals surface area contributed by atoms with Gasteiger partial charge in [0.25, 0.3) is 5.91 Å². The molecule has 2 aromatic rings. The Balaban J connectivity index is 1.78. The van der Waals surface area contributed by atoms with Crippen LogP contribution in [0.4, 0.5) is 5.82 Å². The van der Waals surface area contributed by atoms with Gasteiger partial charge in [-0.3, -0.25) is 4.79 Å². The van der Waals surface area contributed by atoms with Crippen molar-refractivity contribution in [3.63, 3.8) is 0 Å². The summed E-state index contributed by atoms with van der Waals surface area (Å²) in [6.45, 7) is 5.71. The summed E-state index contributed by atoms with van der Waals surface area (Å²) in [6, 6.07) is 10.2. The van der Waals surface area contributed by atoms with E-state index >= 15 is 0 Å². The number of amides is 1. The number of carbonyl (C=O) groups excluding carboxylic acids is 1. The third-order valence-corrected chi connectivity index (χ3v) is 3.75. The summed E-state index contributed by atoms with van der Waals surface area (Å²) < 4.78 is 0. The molecule has 0 saturated heterocycles. The van der Waals surface area contributed by atoms with Crippen molar-refractivity contribution in [2.45, 2.75) is 13.0 Å². The van der Waals surface area contributed by atoms with E-state index in [1.54, 1.807) is 12.1 Å². The largest absolute Gasteiger partial charge is 0.352 e. The molecule has 0 unspecified atom stereocenters. The van der Waals surface area contributed by atoms with Crippen LogP contribution in [0.2, 0.25) is 0 Å². The molecule has 1 N–H and O–H groups in total. The molecule has 5 nitrogen and oxygen atoms in total. The highest BCUT2D eigenvalue weighted by Gasteiger charge is 2.18. The molecule has 1 aromatic heterocycles. The Hall–Kier alpha value is -2.69. The van der Waals surface area contributed by atoms with Gasteiger partial charge in [0.15, 0.2) is 0 Å². The first-order valence-corrected chi connectivity index (χ1v) is 7.31. The second-order valence-corrected chi connectivity index (χ2v) is 5.20. The Labute approximate surface area is 129 Å². The second kappa shape index (κ2) is 6.39. The molecular formula is C17H18N4O. The number of hydrogen-bond acceptors (Lipinski definition) is 4. The molecule has 0 saturated carbocycles. The van der Waals surface area contributed by atoms with Gasteiger partial charge in [-0.05, 0) is 17.5 Å². The standard InChI is InChI=1S/C17H18N4O/c1-2-8-18-17(22)15-10-16(20-12-19-15)21-9-7-13-5-3-4-6-14(13)11-21/h2-6,10,12H,1,7-9,11H2,(H,18,22). The SMILES string of the molecule is C=CCNC(=O)c1cc(N2CCc3ccccc3C2)ncn1. The van der Waals surface area contributed by atoms with Gasteiger partial charge in [-0.2, -0.15) is 0 Å². The molecule has 0 spiro atoms. The van der Waals surface area contributed by atoms with Crippen LogP contribution >= 0.6 is 0 Å². The van der Waals surface area contributed by atoms with Gasteiger partial charge in [-0.15, -0.1) is 6.58 Å². The van der Waals surface area contributed by atoms with Crippen molar-refractivity contribution in [3.8, 4) is 0 Å². The van der Waals surface area contributed by atoms with Crippen molar-refractivity contribution in [1.29, 1.82) is 0 Å². The molecule has 112 valence electrons. The van der Waals surface area contributed by atoms with Crippen LogP contribution in [0.1, 0.15) is 21.6 Å². The van der Waals surface area contributed by atoms with Crippen LogP contribution in [0.25, 0.3) is 0 Å². The van der Waals surface area contributed by atoms with E-state index < -0.39 is 0 Å². The predicted molar refractivity (Wildman–Crippen MR) is 85.8 cm³/mol. The van der Waals surface area contributed by atoms with Crippen molar-refractivity contribution >= 4 is 11.7 Å². The van der Waals surface area contributed by atoms with Gasteiger partial charge in [0, 0.05) is 25.7 Å². The van der Waals surface area contributed by atoms with E-state index in [1.165, 1.54) is 17.5 Å². The number of nitrogens with zero attached hydrogens (tertiary/aromatic N) is 3. The molecule has 2 heterocycles. The minimum atomic E-state index is -0.207. The summed E-state index contributed by atoms with van der Waals surface area (Å²) >= 11 is 0. The Bertz CT molecular complexity index is 699. The van der Waals surface area contributed by atoms with Gasteiger partial charge in [-0.1, -0.05) is 30.3 Å². The summed E-state index contributed by atoms with van der Waals surface area (Å²) in [5.74, 6) is 0.578. The maximum Gasteiger partial charge on any atom is 0.270 e. The van der Waals surface area contributed by atoms with Crippen LogP contribution < -0.4 is 10.2 Å². The Morgan fingerprint density at radius 3 is 2.95 bits per heavy atom. The van der Waals surface area contributed by atoms with Crippen LogP contribution in [-0.2, 0) is 13.0 Å². The van der Waals surface area contributed by atoms with Gasteiger partial charge < -0.3 is 10.2 Å². The molecule has 5 heteroatoms. The molecule has 0 bridgehead atoms. The smallest absolute Gasteiger partial charge is 0.270 e. The van der Waals surface area contributed by atoms with Crippen molar-refractivity contribution in [1.82, 2.24) is 15.3 Å². The van der Waals surface area contributed by atoms with E-state index in [9.17, 15) is 4.79 Å². The number of nitrogens with one attached hydrogen (secondary N) is 1. The molecule has 1 aromatic carbocycles.